The molecule has 0 spiro atoms. The number of benzene rings is 2. The number of aryl methyl sites for hydroxylation is 2. The van der Waals surface area contributed by atoms with Crippen LogP contribution in [0, 0.1) is 25.5 Å². The minimum absolute atomic E-state index is 0.0616. The molecule has 0 fully saturated rings. The summed E-state index contributed by atoms with van der Waals surface area (Å²) in [5, 5.41) is 3.47. The topological polar surface area (TPSA) is 21.3 Å². The van der Waals surface area contributed by atoms with Crippen LogP contribution >= 0.6 is 0 Å². The predicted octanol–water partition coefficient (Wildman–Crippen LogP) is 5.66. The summed E-state index contributed by atoms with van der Waals surface area (Å²) in [5.74, 6) is -0.968. The third kappa shape index (κ3) is 6.40. The maximum atomic E-state index is 13.8. The van der Waals surface area contributed by atoms with Crippen LogP contribution in [-0.2, 0) is 11.2 Å². The van der Waals surface area contributed by atoms with Gasteiger partial charge in [0.1, 0.15) is 11.6 Å². The number of ether oxygens (including phenoxy) is 1. The predicted molar refractivity (Wildman–Crippen MR) is 107 cm³/mol. The van der Waals surface area contributed by atoms with Gasteiger partial charge in [-0.15, -0.1) is 0 Å². The molecule has 2 aromatic rings. The zero-order chi connectivity index (χ0) is 19.6. The molecule has 0 aliphatic carbocycles. The van der Waals surface area contributed by atoms with Gasteiger partial charge in [-0.1, -0.05) is 37.6 Å². The summed E-state index contributed by atoms with van der Waals surface area (Å²) >= 11 is 0. The second kappa shape index (κ2) is 11.2. The molecule has 0 heterocycles. The largest absolute Gasteiger partial charge is 0.372 e. The minimum atomic E-state index is -0.484. The summed E-state index contributed by atoms with van der Waals surface area (Å²) in [6.07, 6.45) is 3.13. The van der Waals surface area contributed by atoms with Crippen molar-refractivity contribution in [2.45, 2.75) is 52.6 Å². The fraction of sp³-hybridized carbons (Fsp3) is 0.478. The highest BCUT2D eigenvalue weighted by Gasteiger charge is 2.17. The summed E-state index contributed by atoms with van der Waals surface area (Å²) in [6, 6.07) is 10.2. The number of halogens is 2. The Morgan fingerprint density at radius 2 is 1.59 bits per heavy atom. The van der Waals surface area contributed by atoms with E-state index >= 15 is 0 Å². The Morgan fingerprint density at radius 1 is 0.963 bits per heavy atom. The highest BCUT2D eigenvalue weighted by Crippen LogP contribution is 2.25. The number of hydrogen-bond acceptors (Lipinski definition) is 2. The summed E-state index contributed by atoms with van der Waals surface area (Å²) in [6.45, 7) is 8.52. The van der Waals surface area contributed by atoms with Crippen molar-refractivity contribution in [3.05, 3.63) is 70.3 Å². The number of nitrogens with one attached hydrogen (secondary N) is 1. The highest BCUT2D eigenvalue weighted by molar-refractivity contribution is 5.35. The highest BCUT2D eigenvalue weighted by atomic mass is 19.1. The average molecular weight is 376 g/mol. The Bertz CT molecular complexity index is 677. The van der Waals surface area contributed by atoms with Crippen LogP contribution in [0.3, 0.4) is 0 Å². The lowest BCUT2D eigenvalue weighted by atomic mass is 9.97. The number of rotatable bonds is 11. The first-order chi connectivity index (χ1) is 13.0. The first-order valence-corrected chi connectivity index (χ1v) is 9.86. The molecule has 2 aromatic carbocycles. The maximum absolute atomic E-state index is 13.8. The molecule has 1 N–H and O–H groups in total. The van der Waals surface area contributed by atoms with Gasteiger partial charge in [-0.3, -0.25) is 0 Å². The zero-order valence-electron chi connectivity index (χ0n) is 16.7. The minimum Gasteiger partial charge on any atom is -0.372 e. The first kappa shape index (κ1) is 21.5. The Balaban J connectivity index is 1.97. The molecule has 0 aliphatic rings. The molecule has 0 bridgehead atoms. The Hall–Kier alpha value is -1.78. The maximum Gasteiger partial charge on any atom is 0.129 e. The van der Waals surface area contributed by atoms with Gasteiger partial charge in [0.25, 0.3) is 0 Å². The van der Waals surface area contributed by atoms with Crippen LogP contribution in [-0.4, -0.2) is 19.7 Å². The van der Waals surface area contributed by atoms with Crippen LogP contribution in [0.1, 0.15) is 54.5 Å². The van der Waals surface area contributed by atoms with E-state index in [-0.39, 0.29) is 11.7 Å². The van der Waals surface area contributed by atoms with Crippen LogP contribution in [0.5, 0.6) is 0 Å². The van der Waals surface area contributed by atoms with Crippen LogP contribution in [0.2, 0.25) is 0 Å². The molecule has 0 aliphatic heterocycles. The van der Waals surface area contributed by atoms with Crippen LogP contribution in [0.25, 0.3) is 0 Å². The van der Waals surface area contributed by atoms with E-state index in [1.54, 1.807) is 0 Å². The smallest absolute Gasteiger partial charge is 0.129 e. The Morgan fingerprint density at radius 3 is 2.22 bits per heavy atom. The zero-order valence-corrected chi connectivity index (χ0v) is 16.7. The van der Waals surface area contributed by atoms with Crippen LogP contribution < -0.4 is 5.32 Å². The molecule has 0 radical (unpaired) electrons. The molecule has 148 valence electrons. The van der Waals surface area contributed by atoms with Gasteiger partial charge >= 0.3 is 0 Å². The summed E-state index contributed by atoms with van der Waals surface area (Å²) in [7, 11) is 0. The number of hydrogen-bond donors (Lipinski definition) is 1. The Labute approximate surface area is 161 Å². The Kier molecular flexibility index (Phi) is 8.89. The quantitative estimate of drug-likeness (QED) is 0.512. The van der Waals surface area contributed by atoms with Gasteiger partial charge in [0, 0.05) is 18.7 Å². The average Bonchev–Trinajstić information content (AvgIpc) is 2.63. The normalized spacial score (nSPS) is 12.3. The molecule has 1 unspecified atom stereocenters. The third-order valence-corrected chi connectivity index (χ3v) is 4.85. The molecule has 0 aromatic heterocycles. The van der Waals surface area contributed by atoms with Gasteiger partial charge in [0.2, 0.25) is 0 Å². The van der Waals surface area contributed by atoms with Gasteiger partial charge in [0.05, 0.1) is 6.10 Å². The van der Waals surface area contributed by atoms with Crippen molar-refractivity contribution in [2.24, 2.45) is 0 Å². The molecule has 0 amide bonds. The second-order valence-electron chi connectivity index (χ2n) is 7.03. The van der Waals surface area contributed by atoms with Crippen molar-refractivity contribution in [3.8, 4) is 0 Å². The van der Waals surface area contributed by atoms with E-state index in [0.29, 0.717) is 19.4 Å². The van der Waals surface area contributed by atoms with Crippen LogP contribution in [0.4, 0.5) is 8.78 Å². The van der Waals surface area contributed by atoms with Crippen molar-refractivity contribution in [1.82, 2.24) is 5.32 Å². The molecule has 0 saturated heterocycles. The standard InChI is InChI=1S/C23H31F2NO/c1-4-5-14-26-16-22(23-17(2)9-6-10-18(23)3)27-15-8-11-19-20(24)12-7-13-21(19)25/h6-7,9-10,12-13,22,26H,4-5,8,11,14-16H2,1-3H3. The van der Waals surface area contributed by atoms with E-state index in [1.165, 1.54) is 34.9 Å². The van der Waals surface area contributed by atoms with Crippen molar-refractivity contribution in [1.29, 1.82) is 0 Å². The molecular formula is C23H31F2NO. The number of unbranched alkanes of at least 4 members (excludes halogenated alkanes) is 1. The monoisotopic (exact) mass is 375 g/mol. The fourth-order valence-corrected chi connectivity index (χ4v) is 3.36. The molecule has 27 heavy (non-hydrogen) atoms. The SMILES string of the molecule is CCCCNCC(OCCCc1c(F)cccc1F)c1c(C)cccc1C. The molecule has 0 saturated carbocycles. The van der Waals surface area contributed by atoms with Crippen molar-refractivity contribution in [3.63, 3.8) is 0 Å². The molecule has 2 nitrogen and oxygen atoms in total. The van der Waals surface area contributed by atoms with Crippen molar-refractivity contribution >= 4 is 0 Å². The van der Waals surface area contributed by atoms with Crippen molar-refractivity contribution in [2.75, 3.05) is 19.7 Å². The summed E-state index contributed by atoms with van der Waals surface area (Å²) in [4.78, 5) is 0. The third-order valence-electron chi connectivity index (χ3n) is 4.85. The molecule has 4 heteroatoms. The lowest BCUT2D eigenvalue weighted by Crippen LogP contribution is -2.26. The van der Waals surface area contributed by atoms with E-state index in [9.17, 15) is 8.78 Å². The van der Waals surface area contributed by atoms with Gasteiger partial charge in [0.15, 0.2) is 0 Å². The van der Waals surface area contributed by atoms with E-state index in [0.717, 1.165) is 25.9 Å². The summed E-state index contributed by atoms with van der Waals surface area (Å²) in [5.41, 5.74) is 3.76. The van der Waals surface area contributed by atoms with Gasteiger partial charge in [-0.05, 0) is 68.5 Å². The van der Waals surface area contributed by atoms with Gasteiger partial charge < -0.3 is 10.1 Å². The summed E-state index contributed by atoms with van der Waals surface area (Å²) < 4.78 is 33.7. The second-order valence-corrected chi connectivity index (χ2v) is 7.03. The molecule has 1 atom stereocenters. The van der Waals surface area contributed by atoms with E-state index in [2.05, 4.69) is 44.3 Å². The lowest BCUT2D eigenvalue weighted by Gasteiger charge is -2.23. The van der Waals surface area contributed by atoms with Crippen molar-refractivity contribution < 1.29 is 13.5 Å². The van der Waals surface area contributed by atoms with Crippen LogP contribution in [0.15, 0.2) is 36.4 Å². The van der Waals surface area contributed by atoms with E-state index in [1.807, 2.05) is 0 Å². The molecular weight excluding hydrogens is 344 g/mol. The molecule has 2 rings (SSSR count). The van der Waals surface area contributed by atoms with Gasteiger partial charge in [-0.2, -0.15) is 0 Å². The fourth-order valence-electron chi connectivity index (χ4n) is 3.36. The van der Waals surface area contributed by atoms with E-state index in [4.69, 9.17) is 4.74 Å². The van der Waals surface area contributed by atoms with E-state index < -0.39 is 11.6 Å². The van der Waals surface area contributed by atoms with Gasteiger partial charge in [-0.25, -0.2) is 8.78 Å². The lowest BCUT2D eigenvalue weighted by molar-refractivity contribution is 0.0501. The first-order valence-electron chi connectivity index (χ1n) is 9.86.